The van der Waals surface area contributed by atoms with Gasteiger partial charge in [-0.2, -0.15) is 0 Å². The molecule has 0 fully saturated rings. The van der Waals surface area contributed by atoms with Crippen LogP contribution in [0.5, 0.6) is 0 Å². The summed E-state index contributed by atoms with van der Waals surface area (Å²) < 4.78 is 0. The summed E-state index contributed by atoms with van der Waals surface area (Å²) in [5.41, 5.74) is 2.42. The molecule has 3 rings (SSSR count). The molecule has 0 bridgehead atoms. The van der Waals surface area contributed by atoms with Crippen molar-refractivity contribution in [2.75, 3.05) is 0 Å². The van der Waals surface area contributed by atoms with Crippen LogP contribution in [-0.4, -0.2) is 4.98 Å². The number of nitrogens with one attached hydrogen (secondary N) is 1. The Hall–Kier alpha value is -1.16. The van der Waals surface area contributed by atoms with Crippen LogP contribution in [-0.2, 0) is 0 Å². The van der Waals surface area contributed by atoms with E-state index in [1.54, 1.807) is 0 Å². The maximum Gasteiger partial charge on any atom is 1.00 e. The number of para-hydroxylation sites is 2. The van der Waals surface area contributed by atoms with Gasteiger partial charge in [0.25, 0.3) is 0 Å². The quantitative estimate of drug-likeness (QED) is 0.477. The van der Waals surface area contributed by atoms with Gasteiger partial charge >= 0.3 is 18.9 Å². The van der Waals surface area contributed by atoms with Gasteiger partial charge in [-0.3, -0.25) is 0 Å². The molecular weight excluding hydrogens is 165 g/mol. The number of fused-ring (bicyclic) bond motifs is 3. The van der Waals surface area contributed by atoms with Gasteiger partial charge in [0, 0.05) is 21.8 Å². The van der Waals surface area contributed by atoms with Gasteiger partial charge in [-0.15, -0.1) is 0 Å². The third kappa shape index (κ3) is 1.26. The van der Waals surface area contributed by atoms with Crippen molar-refractivity contribution in [1.82, 2.24) is 4.98 Å². The molecular formula is C12H10LiN. The number of rotatable bonds is 0. The van der Waals surface area contributed by atoms with Gasteiger partial charge in [-0.25, -0.2) is 0 Å². The van der Waals surface area contributed by atoms with Crippen LogP contribution >= 0.6 is 0 Å². The summed E-state index contributed by atoms with van der Waals surface area (Å²) in [6.07, 6.45) is 0. The Morgan fingerprint density at radius 3 is 1.64 bits per heavy atom. The number of hydrogen-bond donors (Lipinski definition) is 1. The molecule has 2 heteroatoms. The molecule has 1 aromatic heterocycles. The molecule has 0 aliphatic carbocycles. The number of H-pyrrole nitrogens is 1. The van der Waals surface area contributed by atoms with Crippen molar-refractivity contribution in [2.24, 2.45) is 0 Å². The molecule has 1 nitrogen and oxygen atoms in total. The van der Waals surface area contributed by atoms with E-state index in [2.05, 4.69) is 53.5 Å². The molecule has 0 saturated heterocycles. The van der Waals surface area contributed by atoms with Crippen LogP contribution in [0.3, 0.4) is 0 Å². The second-order valence-electron chi connectivity index (χ2n) is 3.22. The number of hydrogen-bond acceptors (Lipinski definition) is 0. The first kappa shape index (κ1) is 9.39. The Bertz CT molecular complexity index is 523. The Morgan fingerprint density at radius 1 is 0.714 bits per heavy atom. The average Bonchev–Trinajstić information content (AvgIpc) is 2.56. The summed E-state index contributed by atoms with van der Waals surface area (Å²) >= 11 is 0. The van der Waals surface area contributed by atoms with Crippen molar-refractivity contribution < 1.29 is 20.3 Å². The van der Waals surface area contributed by atoms with E-state index in [0.29, 0.717) is 0 Å². The monoisotopic (exact) mass is 175 g/mol. The minimum atomic E-state index is 0. The minimum Gasteiger partial charge on any atom is -1.00 e. The smallest absolute Gasteiger partial charge is 1.00 e. The second-order valence-corrected chi connectivity index (χ2v) is 3.22. The predicted octanol–water partition coefficient (Wildman–Crippen LogP) is 0.438. The number of aromatic amines is 1. The molecule has 14 heavy (non-hydrogen) atoms. The fourth-order valence-electron chi connectivity index (χ4n) is 1.80. The van der Waals surface area contributed by atoms with Crippen LogP contribution in [0.2, 0.25) is 0 Å². The first-order chi connectivity index (χ1) is 6.45. The number of benzene rings is 2. The molecule has 0 amide bonds. The molecule has 1 N–H and O–H groups in total. The summed E-state index contributed by atoms with van der Waals surface area (Å²) in [7, 11) is 0. The van der Waals surface area contributed by atoms with E-state index in [1.807, 2.05) is 0 Å². The van der Waals surface area contributed by atoms with Gasteiger partial charge in [-0.1, -0.05) is 36.4 Å². The maximum atomic E-state index is 3.38. The van der Waals surface area contributed by atoms with Crippen molar-refractivity contribution >= 4 is 21.8 Å². The standard InChI is InChI=1S/C12H9N.Li.H/c1-3-7-11-9(5-1)10-6-2-4-8-12(10)13-11;;/h1-8,13H;;/q;+1;-1. The van der Waals surface area contributed by atoms with Gasteiger partial charge in [0.15, 0.2) is 0 Å². The van der Waals surface area contributed by atoms with Gasteiger partial charge in [0.1, 0.15) is 0 Å². The van der Waals surface area contributed by atoms with Crippen molar-refractivity contribution in [3.05, 3.63) is 48.5 Å². The van der Waals surface area contributed by atoms with Crippen LogP contribution in [0, 0.1) is 0 Å². The van der Waals surface area contributed by atoms with Crippen LogP contribution in [0.1, 0.15) is 1.43 Å². The van der Waals surface area contributed by atoms with E-state index in [1.165, 1.54) is 21.8 Å². The van der Waals surface area contributed by atoms with Gasteiger partial charge < -0.3 is 6.41 Å². The molecule has 0 aliphatic rings. The summed E-state index contributed by atoms with van der Waals surface area (Å²) in [4.78, 5) is 3.38. The first-order valence-electron chi connectivity index (χ1n) is 4.40. The van der Waals surface area contributed by atoms with E-state index in [9.17, 15) is 0 Å². The van der Waals surface area contributed by atoms with Crippen molar-refractivity contribution in [2.45, 2.75) is 0 Å². The zero-order valence-corrected chi connectivity index (χ0v) is 8.12. The average molecular weight is 175 g/mol. The van der Waals surface area contributed by atoms with E-state index in [-0.39, 0.29) is 20.3 Å². The zero-order valence-electron chi connectivity index (χ0n) is 9.12. The molecule has 0 saturated carbocycles. The second kappa shape index (κ2) is 3.53. The summed E-state index contributed by atoms with van der Waals surface area (Å²) in [6, 6.07) is 16.8. The Balaban J connectivity index is 0.000000562. The van der Waals surface area contributed by atoms with Gasteiger partial charge in [0.05, 0.1) is 0 Å². The normalized spacial score (nSPS) is 10.3. The molecule has 0 spiro atoms. The fourth-order valence-corrected chi connectivity index (χ4v) is 1.80. The topological polar surface area (TPSA) is 15.8 Å². The van der Waals surface area contributed by atoms with Crippen LogP contribution < -0.4 is 18.9 Å². The summed E-state index contributed by atoms with van der Waals surface area (Å²) in [6.45, 7) is 0. The fraction of sp³-hybridized carbons (Fsp3) is 0. The van der Waals surface area contributed by atoms with E-state index in [0.717, 1.165) is 0 Å². The molecule has 3 aromatic rings. The van der Waals surface area contributed by atoms with Gasteiger partial charge in [0.2, 0.25) is 0 Å². The van der Waals surface area contributed by atoms with Crippen LogP contribution in [0.15, 0.2) is 48.5 Å². The van der Waals surface area contributed by atoms with Gasteiger partial charge in [-0.05, 0) is 12.1 Å². The maximum absolute atomic E-state index is 3.38. The SMILES string of the molecule is [H-].[Li+].c1ccc2c(c1)[nH]c1ccccc12. The van der Waals surface area contributed by atoms with Crippen molar-refractivity contribution in [3.8, 4) is 0 Å². The minimum absolute atomic E-state index is 0. The first-order valence-corrected chi connectivity index (χ1v) is 4.40. The van der Waals surface area contributed by atoms with Crippen LogP contribution in [0.4, 0.5) is 0 Å². The summed E-state index contributed by atoms with van der Waals surface area (Å²) in [5.74, 6) is 0. The largest absolute Gasteiger partial charge is 1.00 e. The molecule has 1 heterocycles. The zero-order chi connectivity index (χ0) is 8.67. The van der Waals surface area contributed by atoms with Crippen molar-refractivity contribution in [3.63, 3.8) is 0 Å². The van der Waals surface area contributed by atoms with Crippen LogP contribution in [0.25, 0.3) is 21.8 Å². The van der Waals surface area contributed by atoms with E-state index >= 15 is 0 Å². The number of aromatic nitrogens is 1. The van der Waals surface area contributed by atoms with E-state index < -0.39 is 0 Å². The molecule has 0 radical (unpaired) electrons. The Kier molecular flexibility index (Phi) is 2.37. The van der Waals surface area contributed by atoms with E-state index in [4.69, 9.17) is 0 Å². The molecule has 64 valence electrons. The molecule has 2 aromatic carbocycles. The van der Waals surface area contributed by atoms with Crippen molar-refractivity contribution in [1.29, 1.82) is 0 Å². The summed E-state index contributed by atoms with van der Waals surface area (Å²) in [5, 5.41) is 2.61. The third-order valence-electron chi connectivity index (χ3n) is 2.41. The molecule has 0 aliphatic heterocycles. The Labute approximate surface area is 95.8 Å². The third-order valence-corrected chi connectivity index (χ3v) is 2.41. The molecule has 0 atom stereocenters. The Morgan fingerprint density at radius 2 is 1.14 bits per heavy atom. The molecule has 0 unspecified atom stereocenters. The predicted molar refractivity (Wildman–Crippen MR) is 56.9 cm³/mol.